The van der Waals surface area contributed by atoms with Crippen molar-refractivity contribution >= 4 is 0 Å². The van der Waals surface area contributed by atoms with Crippen LogP contribution in [0.25, 0.3) is 0 Å². The van der Waals surface area contributed by atoms with Gasteiger partial charge in [0.05, 0.1) is 6.20 Å². The van der Waals surface area contributed by atoms with E-state index < -0.39 is 0 Å². The van der Waals surface area contributed by atoms with Gasteiger partial charge in [-0.2, -0.15) is 5.10 Å². The molecule has 86 valence electrons. The Hall–Kier alpha value is -1.62. The first-order chi connectivity index (χ1) is 7.70. The van der Waals surface area contributed by atoms with Crippen molar-refractivity contribution in [1.82, 2.24) is 24.6 Å². The highest BCUT2D eigenvalue weighted by molar-refractivity contribution is 5.12. The molecule has 0 amide bonds. The molecule has 0 aliphatic carbocycles. The molecule has 0 radical (unpaired) electrons. The molecular weight excluding hydrogens is 202 g/mol. The summed E-state index contributed by atoms with van der Waals surface area (Å²) in [7, 11) is 5.90. The second-order valence-electron chi connectivity index (χ2n) is 3.95. The third-order valence-electron chi connectivity index (χ3n) is 2.78. The van der Waals surface area contributed by atoms with E-state index in [0.29, 0.717) is 0 Å². The molecule has 0 saturated heterocycles. The standard InChI is InChI=1S/C11H17N5/c1-12-10(9-7-14-16(3)8-9)6-11-13-4-5-15(11)2/h4-5,7-8,10,12H,6H2,1-3H3. The topological polar surface area (TPSA) is 47.7 Å². The zero-order valence-electron chi connectivity index (χ0n) is 9.88. The predicted octanol–water partition coefficient (Wildman–Crippen LogP) is 0.657. The van der Waals surface area contributed by atoms with Crippen LogP contribution in [0.1, 0.15) is 17.4 Å². The third-order valence-corrected chi connectivity index (χ3v) is 2.78. The van der Waals surface area contributed by atoms with Crippen LogP contribution in [0.2, 0.25) is 0 Å². The van der Waals surface area contributed by atoms with Gasteiger partial charge in [0.1, 0.15) is 5.82 Å². The fourth-order valence-corrected chi connectivity index (χ4v) is 1.78. The first-order valence-electron chi connectivity index (χ1n) is 5.32. The quantitative estimate of drug-likeness (QED) is 0.821. The van der Waals surface area contributed by atoms with Crippen LogP contribution < -0.4 is 5.32 Å². The zero-order valence-corrected chi connectivity index (χ0v) is 9.88. The molecule has 0 aromatic carbocycles. The van der Waals surface area contributed by atoms with Gasteiger partial charge in [0.25, 0.3) is 0 Å². The SMILES string of the molecule is CNC(Cc1nccn1C)c1cnn(C)c1. The number of nitrogens with zero attached hydrogens (tertiary/aromatic N) is 4. The Morgan fingerprint density at radius 1 is 1.44 bits per heavy atom. The Morgan fingerprint density at radius 3 is 2.75 bits per heavy atom. The lowest BCUT2D eigenvalue weighted by atomic mass is 10.1. The number of hydrogen-bond acceptors (Lipinski definition) is 3. The molecule has 0 bridgehead atoms. The number of imidazole rings is 1. The highest BCUT2D eigenvalue weighted by Crippen LogP contribution is 2.15. The van der Waals surface area contributed by atoms with Crippen LogP contribution in [0, 0.1) is 0 Å². The predicted molar refractivity (Wildman–Crippen MR) is 61.9 cm³/mol. The monoisotopic (exact) mass is 219 g/mol. The molecule has 2 aromatic heterocycles. The van der Waals surface area contributed by atoms with Gasteiger partial charge in [-0.15, -0.1) is 0 Å². The maximum absolute atomic E-state index is 4.33. The summed E-state index contributed by atoms with van der Waals surface area (Å²) in [6.07, 6.45) is 8.58. The van der Waals surface area contributed by atoms with E-state index >= 15 is 0 Å². The van der Waals surface area contributed by atoms with Gasteiger partial charge in [0, 0.05) is 50.7 Å². The van der Waals surface area contributed by atoms with E-state index in [1.54, 1.807) is 0 Å². The number of rotatable bonds is 4. The molecule has 2 aromatic rings. The van der Waals surface area contributed by atoms with E-state index in [-0.39, 0.29) is 6.04 Å². The van der Waals surface area contributed by atoms with Gasteiger partial charge in [-0.05, 0) is 7.05 Å². The molecule has 1 atom stereocenters. The number of likely N-dealkylation sites (N-methyl/N-ethyl adjacent to an activating group) is 1. The molecule has 5 heteroatoms. The van der Waals surface area contributed by atoms with Crippen LogP contribution in [0.3, 0.4) is 0 Å². The Bertz CT molecular complexity index is 456. The van der Waals surface area contributed by atoms with Crippen molar-refractivity contribution in [3.8, 4) is 0 Å². The van der Waals surface area contributed by atoms with E-state index in [1.807, 2.05) is 55.2 Å². The van der Waals surface area contributed by atoms with Crippen LogP contribution in [-0.4, -0.2) is 26.4 Å². The second-order valence-corrected chi connectivity index (χ2v) is 3.95. The molecule has 0 spiro atoms. The Morgan fingerprint density at radius 2 is 2.25 bits per heavy atom. The molecule has 0 saturated carbocycles. The van der Waals surface area contributed by atoms with Gasteiger partial charge in [-0.1, -0.05) is 0 Å². The molecule has 0 fully saturated rings. The van der Waals surface area contributed by atoms with Crippen molar-refractivity contribution in [3.05, 3.63) is 36.2 Å². The third kappa shape index (κ3) is 2.14. The summed E-state index contributed by atoms with van der Waals surface area (Å²) in [6.45, 7) is 0. The van der Waals surface area contributed by atoms with Crippen molar-refractivity contribution in [1.29, 1.82) is 0 Å². The lowest BCUT2D eigenvalue weighted by Gasteiger charge is -2.13. The summed E-state index contributed by atoms with van der Waals surface area (Å²) in [5, 5.41) is 7.48. The molecule has 1 unspecified atom stereocenters. The van der Waals surface area contributed by atoms with Gasteiger partial charge < -0.3 is 9.88 Å². The molecule has 2 heterocycles. The van der Waals surface area contributed by atoms with E-state index in [9.17, 15) is 0 Å². The molecule has 0 aliphatic heterocycles. The molecule has 16 heavy (non-hydrogen) atoms. The van der Waals surface area contributed by atoms with Gasteiger partial charge in [0.15, 0.2) is 0 Å². The summed E-state index contributed by atoms with van der Waals surface area (Å²) in [6, 6.07) is 0.259. The summed E-state index contributed by atoms with van der Waals surface area (Å²) in [4.78, 5) is 4.33. The number of aryl methyl sites for hydroxylation is 2. The molecular formula is C11H17N5. The summed E-state index contributed by atoms with van der Waals surface area (Å²) >= 11 is 0. The maximum Gasteiger partial charge on any atom is 0.110 e. The van der Waals surface area contributed by atoms with Gasteiger partial charge in [-0.25, -0.2) is 4.98 Å². The van der Waals surface area contributed by atoms with Crippen LogP contribution in [-0.2, 0) is 20.5 Å². The van der Waals surface area contributed by atoms with Gasteiger partial charge in [-0.3, -0.25) is 4.68 Å². The minimum absolute atomic E-state index is 0.259. The fraction of sp³-hybridized carbons (Fsp3) is 0.455. The van der Waals surface area contributed by atoms with Crippen LogP contribution in [0.4, 0.5) is 0 Å². The first kappa shape index (κ1) is 10.9. The number of hydrogen-bond donors (Lipinski definition) is 1. The minimum Gasteiger partial charge on any atom is -0.338 e. The van der Waals surface area contributed by atoms with Crippen molar-refractivity contribution in [2.45, 2.75) is 12.5 Å². The van der Waals surface area contributed by atoms with Gasteiger partial charge >= 0.3 is 0 Å². The minimum atomic E-state index is 0.259. The lowest BCUT2D eigenvalue weighted by molar-refractivity contribution is 0.563. The van der Waals surface area contributed by atoms with E-state index in [4.69, 9.17) is 0 Å². The molecule has 2 rings (SSSR count). The molecule has 1 N–H and O–H groups in total. The van der Waals surface area contributed by atoms with Crippen LogP contribution in [0.15, 0.2) is 24.8 Å². The highest BCUT2D eigenvalue weighted by Gasteiger charge is 2.13. The summed E-state index contributed by atoms with van der Waals surface area (Å²) in [5.74, 6) is 1.07. The number of aromatic nitrogens is 4. The Balaban J connectivity index is 2.15. The second kappa shape index (κ2) is 4.49. The Labute approximate surface area is 95.1 Å². The average molecular weight is 219 g/mol. The first-order valence-corrected chi connectivity index (χ1v) is 5.32. The number of nitrogens with one attached hydrogen (secondary N) is 1. The van der Waals surface area contributed by atoms with Gasteiger partial charge in [0.2, 0.25) is 0 Å². The van der Waals surface area contributed by atoms with E-state index in [2.05, 4.69) is 15.4 Å². The van der Waals surface area contributed by atoms with Crippen molar-refractivity contribution < 1.29 is 0 Å². The van der Waals surface area contributed by atoms with Crippen LogP contribution in [0.5, 0.6) is 0 Å². The van der Waals surface area contributed by atoms with Crippen LogP contribution >= 0.6 is 0 Å². The molecule has 5 nitrogen and oxygen atoms in total. The zero-order chi connectivity index (χ0) is 11.5. The van der Waals surface area contributed by atoms with E-state index in [0.717, 1.165) is 12.2 Å². The smallest absolute Gasteiger partial charge is 0.110 e. The highest BCUT2D eigenvalue weighted by atomic mass is 15.2. The van der Waals surface area contributed by atoms with E-state index in [1.165, 1.54) is 5.56 Å². The summed E-state index contributed by atoms with van der Waals surface area (Å²) < 4.78 is 3.86. The summed E-state index contributed by atoms with van der Waals surface area (Å²) in [5.41, 5.74) is 1.19. The largest absolute Gasteiger partial charge is 0.338 e. The van der Waals surface area contributed by atoms with Crippen molar-refractivity contribution in [2.75, 3.05) is 7.05 Å². The Kier molecular flexibility index (Phi) is 3.05. The maximum atomic E-state index is 4.33. The normalized spacial score (nSPS) is 12.9. The average Bonchev–Trinajstić information content (AvgIpc) is 2.85. The fourth-order valence-electron chi connectivity index (χ4n) is 1.78. The van der Waals surface area contributed by atoms with Crippen molar-refractivity contribution in [3.63, 3.8) is 0 Å². The van der Waals surface area contributed by atoms with Crippen molar-refractivity contribution in [2.24, 2.45) is 14.1 Å². The molecule has 0 aliphatic rings. The lowest BCUT2D eigenvalue weighted by Crippen LogP contribution is -2.20.